The molecule has 0 spiro atoms. The molecule has 1 aromatic carbocycles. The summed E-state index contributed by atoms with van der Waals surface area (Å²) < 4.78 is 32.8. The van der Waals surface area contributed by atoms with Crippen LogP contribution in [0.25, 0.3) is 10.2 Å². The number of ether oxygens (including phenoxy) is 1. The summed E-state index contributed by atoms with van der Waals surface area (Å²) >= 11 is 1.27. The molecule has 1 aromatic heterocycles. The number of nitrogens with one attached hydrogen (secondary N) is 2. The first-order chi connectivity index (χ1) is 10.7. The van der Waals surface area contributed by atoms with Crippen molar-refractivity contribution in [1.82, 2.24) is 15.0 Å². The van der Waals surface area contributed by atoms with E-state index in [2.05, 4.69) is 15.0 Å². The summed E-state index contributed by atoms with van der Waals surface area (Å²) in [6.07, 6.45) is -0.582. The second-order valence-electron chi connectivity index (χ2n) is 5.78. The standard InChI is InChI=1S/C14H19N3O4S2/c1-14(2,3)21-13(18)15-7-8-17-23(19,20)11-6-4-5-10-12(11)22-9-16-10/h4-6,9,17H,7-8H2,1-3H3,(H,15,18). The molecule has 9 heteroatoms. The van der Waals surface area contributed by atoms with Crippen molar-refractivity contribution in [2.45, 2.75) is 31.3 Å². The minimum atomic E-state index is -3.66. The first-order valence-electron chi connectivity index (χ1n) is 6.98. The van der Waals surface area contributed by atoms with Gasteiger partial charge in [-0.2, -0.15) is 0 Å². The van der Waals surface area contributed by atoms with Crippen molar-refractivity contribution in [3.05, 3.63) is 23.7 Å². The predicted molar refractivity (Wildman–Crippen MR) is 89.0 cm³/mol. The van der Waals surface area contributed by atoms with Gasteiger partial charge in [0.2, 0.25) is 10.0 Å². The van der Waals surface area contributed by atoms with Crippen molar-refractivity contribution >= 4 is 37.7 Å². The highest BCUT2D eigenvalue weighted by Gasteiger charge is 2.19. The molecule has 2 rings (SSSR count). The number of carbonyl (C=O) groups is 1. The van der Waals surface area contributed by atoms with E-state index in [-0.39, 0.29) is 18.0 Å². The quantitative estimate of drug-likeness (QED) is 0.799. The summed E-state index contributed by atoms with van der Waals surface area (Å²) in [7, 11) is -3.66. The number of hydrogen-bond donors (Lipinski definition) is 2. The lowest BCUT2D eigenvalue weighted by molar-refractivity contribution is 0.0529. The van der Waals surface area contributed by atoms with E-state index in [0.29, 0.717) is 10.2 Å². The Morgan fingerprint density at radius 3 is 2.74 bits per heavy atom. The number of amides is 1. The van der Waals surface area contributed by atoms with Crippen molar-refractivity contribution < 1.29 is 17.9 Å². The minimum absolute atomic E-state index is 0.0662. The van der Waals surface area contributed by atoms with Crippen LogP contribution in [0, 0.1) is 0 Å². The monoisotopic (exact) mass is 357 g/mol. The smallest absolute Gasteiger partial charge is 0.407 e. The van der Waals surface area contributed by atoms with E-state index < -0.39 is 21.7 Å². The number of alkyl carbamates (subject to hydrolysis) is 1. The average molecular weight is 357 g/mol. The van der Waals surface area contributed by atoms with Crippen molar-refractivity contribution in [3.63, 3.8) is 0 Å². The Balaban J connectivity index is 1.93. The van der Waals surface area contributed by atoms with E-state index >= 15 is 0 Å². The van der Waals surface area contributed by atoms with Crippen molar-refractivity contribution in [1.29, 1.82) is 0 Å². The van der Waals surface area contributed by atoms with Crippen LogP contribution in [0.5, 0.6) is 0 Å². The Morgan fingerprint density at radius 2 is 2.04 bits per heavy atom. The van der Waals surface area contributed by atoms with Gasteiger partial charge < -0.3 is 10.1 Å². The largest absolute Gasteiger partial charge is 0.444 e. The van der Waals surface area contributed by atoms with Crippen LogP contribution in [-0.4, -0.2) is 38.2 Å². The third-order valence-electron chi connectivity index (χ3n) is 2.70. The zero-order valence-electron chi connectivity index (χ0n) is 13.1. The molecule has 0 aliphatic rings. The summed E-state index contributed by atoms with van der Waals surface area (Å²) in [6.45, 7) is 5.46. The van der Waals surface area contributed by atoms with Crippen LogP contribution in [0.2, 0.25) is 0 Å². The molecule has 1 amide bonds. The molecule has 1 heterocycles. The highest BCUT2D eigenvalue weighted by atomic mass is 32.2. The van der Waals surface area contributed by atoms with Crippen LogP contribution in [0.4, 0.5) is 4.79 Å². The molecule has 0 unspecified atom stereocenters. The highest BCUT2D eigenvalue weighted by molar-refractivity contribution is 7.90. The van der Waals surface area contributed by atoms with E-state index in [1.54, 1.807) is 38.4 Å². The number of hydrogen-bond acceptors (Lipinski definition) is 6. The number of nitrogens with zero attached hydrogens (tertiary/aromatic N) is 1. The molecule has 0 saturated carbocycles. The second kappa shape index (κ2) is 6.81. The van der Waals surface area contributed by atoms with E-state index in [1.807, 2.05) is 0 Å². The summed E-state index contributed by atoms with van der Waals surface area (Å²) in [6, 6.07) is 4.94. The Morgan fingerprint density at radius 1 is 1.30 bits per heavy atom. The summed E-state index contributed by atoms with van der Waals surface area (Å²) in [5.74, 6) is 0. The van der Waals surface area contributed by atoms with Gasteiger partial charge in [0.25, 0.3) is 0 Å². The Labute approximate surface area is 139 Å². The van der Waals surface area contributed by atoms with Gasteiger partial charge in [0.1, 0.15) is 10.5 Å². The predicted octanol–water partition coefficient (Wildman–Crippen LogP) is 2.10. The lowest BCUT2D eigenvalue weighted by atomic mass is 10.2. The van der Waals surface area contributed by atoms with Gasteiger partial charge >= 0.3 is 6.09 Å². The lowest BCUT2D eigenvalue weighted by Gasteiger charge is -2.19. The molecule has 0 saturated heterocycles. The van der Waals surface area contributed by atoms with E-state index in [0.717, 1.165) is 0 Å². The maximum Gasteiger partial charge on any atom is 0.407 e. The van der Waals surface area contributed by atoms with Crippen LogP contribution in [0.1, 0.15) is 20.8 Å². The second-order valence-corrected chi connectivity index (χ2v) is 8.37. The van der Waals surface area contributed by atoms with E-state index in [9.17, 15) is 13.2 Å². The van der Waals surface area contributed by atoms with Crippen LogP contribution < -0.4 is 10.0 Å². The maximum absolute atomic E-state index is 12.3. The maximum atomic E-state index is 12.3. The summed E-state index contributed by atoms with van der Waals surface area (Å²) in [5.41, 5.74) is 1.66. The molecule has 0 aliphatic heterocycles. The van der Waals surface area contributed by atoms with Crippen LogP contribution in [-0.2, 0) is 14.8 Å². The summed E-state index contributed by atoms with van der Waals surface area (Å²) in [5, 5.41) is 2.50. The Hall–Kier alpha value is -1.71. The average Bonchev–Trinajstić information content (AvgIpc) is 2.89. The molecule has 2 N–H and O–H groups in total. The Bertz CT molecular complexity index is 794. The van der Waals surface area contributed by atoms with Gasteiger partial charge in [0.05, 0.1) is 15.7 Å². The molecular weight excluding hydrogens is 338 g/mol. The summed E-state index contributed by atoms with van der Waals surface area (Å²) in [4.78, 5) is 15.8. The Kier molecular flexibility index (Phi) is 5.23. The van der Waals surface area contributed by atoms with Crippen LogP contribution >= 0.6 is 11.3 Å². The normalized spacial score (nSPS) is 12.3. The molecule has 0 aliphatic carbocycles. The van der Waals surface area contributed by atoms with Crippen molar-refractivity contribution in [3.8, 4) is 0 Å². The third-order valence-corrected chi connectivity index (χ3v) is 5.20. The number of rotatable bonds is 5. The van der Waals surface area contributed by atoms with E-state index in [1.165, 1.54) is 17.4 Å². The van der Waals surface area contributed by atoms with Crippen LogP contribution in [0.3, 0.4) is 0 Å². The zero-order chi connectivity index (χ0) is 17.1. The van der Waals surface area contributed by atoms with Gasteiger partial charge in [0, 0.05) is 13.1 Å². The van der Waals surface area contributed by atoms with Crippen LogP contribution in [0.15, 0.2) is 28.6 Å². The van der Waals surface area contributed by atoms with E-state index in [4.69, 9.17) is 4.74 Å². The van der Waals surface area contributed by atoms with Gasteiger partial charge in [-0.3, -0.25) is 0 Å². The number of sulfonamides is 1. The molecule has 23 heavy (non-hydrogen) atoms. The first-order valence-corrected chi connectivity index (χ1v) is 9.34. The third kappa shape index (κ3) is 4.88. The number of benzene rings is 1. The van der Waals surface area contributed by atoms with Gasteiger partial charge in [-0.15, -0.1) is 11.3 Å². The SMILES string of the molecule is CC(C)(C)OC(=O)NCCNS(=O)(=O)c1cccc2ncsc12. The molecule has 0 bridgehead atoms. The number of thiazole rings is 1. The van der Waals surface area contributed by atoms with Crippen molar-refractivity contribution in [2.24, 2.45) is 0 Å². The van der Waals surface area contributed by atoms with Gasteiger partial charge in [-0.25, -0.2) is 22.9 Å². The lowest BCUT2D eigenvalue weighted by Crippen LogP contribution is -2.37. The first kappa shape index (κ1) is 17.6. The van der Waals surface area contributed by atoms with Gasteiger partial charge in [-0.05, 0) is 32.9 Å². The molecule has 0 fully saturated rings. The van der Waals surface area contributed by atoms with Crippen molar-refractivity contribution in [2.75, 3.05) is 13.1 Å². The molecule has 126 valence electrons. The van der Waals surface area contributed by atoms with Gasteiger partial charge in [0.15, 0.2) is 0 Å². The number of carbonyl (C=O) groups excluding carboxylic acids is 1. The topological polar surface area (TPSA) is 97.4 Å². The number of aromatic nitrogens is 1. The highest BCUT2D eigenvalue weighted by Crippen LogP contribution is 2.25. The molecule has 7 nitrogen and oxygen atoms in total. The zero-order valence-corrected chi connectivity index (χ0v) is 14.8. The minimum Gasteiger partial charge on any atom is -0.444 e. The molecule has 2 aromatic rings. The molecule has 0 atom stereocenters. The van der Waals surface area contributed by atoms with Gasteiger partial charge in [-0.1, -0.05) is 6.07 Å². The number of fused-ring (bicyclic) bond motifs is 1. The molecule has 0 radical (unpaired) electrons. The fourth-order valence-corrected chi connectivity index (χ4v) is 4.12. The fourth-order valence-electron chi connectivity index (χ4n) is 1.81. The fraction of sp³-hybridized carbons (Fsp3) is 0.429. The molecular formula is C14H19N3O4S2.